The van der Waals surface area contributed by atoms with Crippen LogP contribution in [0.15, 0.2) is 18.5 Å². The average molecular weight is 261 g/mol. The minimum atomic E-state index is -0.934. The summed E-state index contributed by atoms with van der Waals surface area (Å²) in [5.41, 5.74) is 0.380. The Bertz CT molecular complexity index is 412. The van der Waals surface area contributed by atoms with Gasteiger partial charge in [-0.05, 0) is 13.0 Å². The molecule has 2 atom stereocenters. The predicted octanol–water partition coefficient (Wildman–Crippen LogP) is 1.23. The molecule has 88 valence electrons. The Morgan fingerprint density at radius 2 is 2.38 bits per heavy atom. The number of rotatable bonds is 4. The van der Waals surface area contributed by atoms with Gasteiger partial charge in [0, 0.05) is 41.2 Å². The summed E-state index contributed by atoms with van der Waals surface area (Å²) in [6, 6.07) is 1.40. The maximum Gasteiger partial charge on any atom is 0.253 e. The molecule has 1 aromatic rings. The number of amides is 1. The van der Waals surface area contributed by atoms with Crippen molar-refractivity contribution < 1.29 is 9.00 Å². The van der Waals surface area contributed by atoms with E-state index in [9.17, 15) is 9.00 Å². The number of hydrogen-bond donors (Lipinski definition) is 1. The van der Waals surface area contributed by atoms with Crippen LogP contribution in [0.1, 0.15) is 17.3 Å². The molecule has 0 aliphatic carbocycles. The van der Waals surface area contributed by atoms with E-state index >= 15 is 0 Å². The third-order valence-electron chi connectivity index (χ3n) is 1.88. The van der Waals surface area contributed by atoms with Crippen molar-refractivity contribution in [3.05, 3.63) is 29.0 Å². The van der Waals surface area contributed by atoms with Crippen molar-refractivity contribution in [2.24, 2.45) is 0 Å². The van der Waals surface area contributed by atoms with Crippen molar-refractivity contribution in [2.75, 3.05) is 12.0 Å². The van der Waals surface area contributed by atoms with Gasteiger partial charge in [0.1, 0.15) is 0 Å². The van der Waals surface area contributed by atoms with Crippen LogP contribution in [-0.2, 0) is 10.8 Å². The van der Waals surface area contributed by atoms with Crippen molar-refractivity contribution in [3.63, 3.8) is 0 Å². The third kappa shape index (κ3) is 3.90. The van der Waals surface area contributed by atoms with Gasteiger partial charge < -0.3 is 5.32 Å². The van der Waals surface area contributed by atoms with E-state index in [1.165, 1.54) is 12.4 Å². The van der Waals surface area contributed by atoms with Crippen molar-refractivity contribution in [2.45, 2.75) is 13.0 Å². The molecule has 0 bridgehead atoms. The maximum absolute atomic E-state index is 11.7. The fourth-order valence-electron chi connectivity index (χ4n) is 1.25. The maximum atomic E-state index is 11.7. The molecule has 1 amide bonds. The lowest BCUT2D eigenvalue weighted by Crippen LogP contribution is -2.36. The molecule has 4 nitrogen and oxygen atoms in total. The second-order valence-electron chi connectivity index (χ2n) is 3.47. The normalized spacial score (nSPS) is 14.2. The smallest absolute Gasteiger partial charge is 0.253 e. The zero-order valence-corrected chi connectivity index (χ0v) is 10.6. The number of carbonyl (C=O) groups is 1. The van der Waals surface area contributed by atoms with Gasteiger partial charge in [0.2, 0.25) is 0 Å². The lowest BCUT2D eigenvalue weighted by Gasteiger charge is -2.12. The van der Waals surface area contributed by atoms with E-state index in [-0.39, 0.29) is 11.9 Å². The van der Waals surface area contributed by atoms with Crippen LogP contribution in [0.3, 0.4) is 0 Å². The van der Waals surface area contributed by atoms with Gasteiger partial charge in [-0.25, -0.2) is 0 Å². The molecule has 0 radical (unpaired) electrons. The lowest BCUT2D eigenvalue weighted by molar-refractivity contribution is 0.0944. The van der Waals surface area contributed by atoms with Gasteiger partial charge >= 0.3 is 0 Å². The van der Waals surface area contributed by atoms with Gasteiger partial charge in [0.05, 0.1) is 10.6 Å². The van der Waals surface area contributed by atoms with E-state index in [0.717, 1.165) is 0 Å². The molecule has 0 aliphatic heterocycles. The topological polar surface area (TPSA) is 59.1 Å². The Labute approximate surface area is 102 Å². The summed E-state index contributed by atoms with van der Waals surface area (Å²) in [7, 11) is -0.934. The summed E-state index contributed by atoms with van der Waals surface area (Å²) in [4.78, 5) is 15.5. The molecule has 1 rings (SSSR count). The summed E-state index contributed by atoms with van der Waals surface area (Å²) >= 11 is 5.82. The van der Waals surface area contributed by atoms with E-state index in [0.29, 0.717) is 16.3 Å². The quantitative estimate of drug-likeness (QED) is 0.886. The van der Waals surface area contributed by atoms with Gasteiger partial charge in [-0.2, -0.15) is 0 Å². The third-order valence-corrected chi connectivity index (χ3v) is 3.15. The molecular weight excluding hydrogens is 248 g/mol. The fourth-order valence-corrected chi connectivity index (χ4v) is 2.25. The Hall–Kier alpha value is -0.940. The monoisotopic (exact) mass is 260 g/mol. The Balaban J connectivity index is 2.66. The van der Waals surface area contributed by atoms with Gasteiger partial charge in [-0.1, -0.05) is 11.6 Å². The number of hydrogen-bond acceptors (Lipinski definition) is 3. The summed E-state index contributed by atoms with van der Waals surface area (Å²) in [6.07, 6.45) is 4.52. The summed E-state index contributed by atoms with van der Waals surface area (Å²) in [6.45, 7) is 1.80. The zero-order valence-electron chi connectivity index (χ0n) is 9.07. The summed E-state index contributed by atoms with van der Waals surface area (Å²) in [5, 5.41) is 3.03. The number of pyridine rings is 1. The molecule has 0 saturated heterocycles. The van der Waals surface area contributed by atoms with E-state index in [4.69, 9.17) is 11.6 Å². The van der Waals surface area contributed by atoms with E-state index in [1.807, 2.05) is 0 Å². The van der Waals surface area contributed by atoms with Crippen molar-refractivity contribution in [1.82, 2.24) is 10.3 Å². The van der Waals surface area contributed by atoms with Crippen LogP contribution in [0.5, 0.6) is 0 Å². The number of halogens is 1. The van der Waals surface area contributed by atoms with Crippen LogP contribution in [0.25, 0.3) is 0 Å². The van der Waals surface area contributed by atoms with E-state index < -0.39 is 10.8 Å². The van der Waals surface area contributed by atoms with Gasteiger partial charge in [0.25, 0.3) is 5.91 Å². The highest BCUT2D eigenvalue weighted by Gasteiger charge is 2.13. The first-order valence-electron chi connectivity index (χ1n) is 4.71. The molecular formula is C10H13ClN2O2S. The Morgan fingerprint density at radius 3 is 2.94 bits per heavy atom. The van der Waals surface area contributed by atoms with Gasteiger partial charge in [-0.3, -0.25) is 14.0 Å². The highest BCUT2D eigenvalue weighted by Crippen LogP contribution is 2.13. The van der Waals surface area contributed by atoms with Crippen LogP contribution in [0.2, 0.25) is 5.02 Å². The molecule has 0 aliphatic rings. The first kappa shape index (κ1) is 13.1. The van der Waals surface area contributed by atoms with Crippen LogP contribution in [0.4, 0.5) is 0 Å². The standard InChI is InChI=1S/C10H13ClN2O2S/c1-7(6-16(2)15)13-10(14)8-3-4-12-5-9(8)11/h3-5,7H,6H2,1-2H3,(H,13,14)/t7-,16+/m1/s1. The van der Waals surface area contributed by atoms with Crippen LogP contribution < -0.4 is 5.32 Å². The minimum Gasteiger partial charge on any atom is -0.349 e. The van der Waals surface area contributed by atoms with E-state index in [2.05, 4.69) is 10.3 Å². The SMILES string of the molecule is C[C@H](C[S@](C)=O)NC(=O)c1ccncc1Cl. The fraction of sp³-hybridized carbons (Fsp3) is 0.400. The average Bonchev–Trinajstić information content (AvgIpc) is 2.16. The van der Waals surface area contributed by atoms with E-state index in [1.54, 1.807) is 19.2 Å². The zero-order chi connectivity index (χ0) is 12.1. The molecule has 0 aromatic carbocycles. The molecule has 1 N–H and O–H groups in total. The first-order chi connectivity index (χ1) is 7.50. The molecule has 1 heterocycles. The van der Waals surface area contributed by atoms with Crippen LogP contribution in [0, 0.1) is 0 Å². The van der Waals surface area contributed by atoms with Gasteiger partial charge in [-0.15, -0.1) is 0 Å². The minimum absolute atomic E-state index is 0.150. The van der Waals surface area contributed by atoms with Crippen molar-refractivity contribution >= 4 is 28.3 Å². The predicted molar refractivity (Wildman–Crippen MR) is 65.1 cm³/mol. The van der Waals surface area contributed by atoms with Crippen molar-refractivity contribution in [3.8, 4) is 0 Å². The lowest BCUT2D eigenvalue weighted by atomic mass is 10.2. The summed E-state index contributed by atoms with van der Waals surface area (Å²) in [5.74, 6) is 0.152. The molecule has 0 fully saturated rings. The Kier molecular flexibility index (Phi) is 4.89. The second kappa shape index (κ2) is 5.96. The highest BCUT2D eigenvalue weighted by molar-refractivity contribution is 7.84. The van der Waals surface area contributed by atoms with Crippen LogP contribution in [-0.4, -0.2) is 33.2 Å². The highest BCUT2D eigenvalue weighted by atomic mass is 35.5. The molecule has 16 heavy (non-hydrogen) atoms. The summed E-state index contributed by atoms with van der Waals surface area (Å²) < 4.78 is 11.0. The largest absolute Gasteiger partial charge is 0.349 e. The molecule has 1 aromatic heterocycles. The molecule has 6 heteroatoms. The second-order valence-corrected chi connectivity index (χ2v) is 5.36. The number of aromatic nitrogens is 1. The molecule has 0 spiro atoms. The van der Waals surface area contributed by atoms with Gasteiger partial charge in [0.15, 0.2) is 0 Å². The Morgan fingerprint density at radius 1 is 1.69 bits per heavy atom. The van der Waals surface area contributed by atoms with Crippen molar-refractivity contribution in [1.29, 1.82) is 0 Å². The first-order valence-corrected chi connectivity index (χ1v) is 6.81. The number of nitrogens with zero attached hydrogens (tertiary/aromatic N) is 1. The van der Waals surface area contributed by atoms with Crippen LogP contribution >= 0.6 is 11.6 Å². The molecule has 0 saturated carbocycles. The number of nitrogens with one attached hydrogen (secondary N) is 1. The molecule has 0 unspecified atom stereocenters. The number of carbonyl (C=O) groups excluding carboxylic acids is 1.